The van der Waals surface area contributed by atoms with Gasteiger partial charge < -0.3 is 15.4 Å². The standard InChI is InChI=1S/C11H15BrN2O/c1-15-11-3-2-8(12)6-9(11)10-7-13-4-5-14-10/h2-3,6,10,13-14H,4-5,7H2,1H3. The van der Waals surface area contributed by atoms with Crippen molar-refractivity contribution in [2.45, 2.75) is 6.04 Å². The lowest BCUT2D eigenvalue weighted by atomic mass is 10.0. The minimum atomic E-state index is 0.339. The molecule has 1 aromatic rings. The smallest absolute Gasteiger partial charge is 0.123 e. The van der Waals surface area contributed by atoms with Crippen LogP contribution in [0.5, 0.6) is 5.75 Å². The van der Waals surface area contributed by atoms with E-state index < -0.39 is 0 Å². The van der Waals surface area contributed by atoms with Crippen molar-refractivity contribution in [3.05, 3.63) is 28.2 Å². The highest BCUT2D eigenvalue weighted by atomic mass is 79.9. The summed E-state index contributed by atoms with van der Waals surface area (Å²) in [4.78, 5) is 0. The highest BCUT2D eigenvalue weighted by Crippen LogP contribution is 2.28. The van der Waals surface area contributed by atoms with Crippen LogP contribution in [0.3, 0.4) is 0 Å². The Morgan fingerprint density at radius 2 is 2.27 bits per heavy atom. The zero-order valence-corrected chi connectivity index (χ0v) is 10.3. The van der Waals surface area contributed by atoms with E-state index in [9.17, 15) is 0 Å². The monoisotopic (exact) mass is 270 g/mol. The number of hydrogen-bond acceptors (Lipinski definition) is 3. The summed E-state index contributed by atoms with van der Waals surface area (Å²) in [6.07, 6.45) is 0. The van der Waals surface area contributed by atoms with Gasteiger partial charge >= 0.3 is 0 Å². The summed E-state index contributed by atoms with van der Waals surface area (Å²) in [6.45, 7) is 2.99. The molecule has 1 aliphatic rings. The van der Waals surface area contributed by atoms with Crippen molar-refractivity contribution in [1.29, 1.82) is 0 Å². The van der Waals surface area contributed by atoms with E-state index in [2.05, 4.69) is 32.6 Å². The van der Waals surface area contributed by atoms with Crippen molar-refractivity contribution in [2.24, 2.45) is 0 Å². The third-order valence-corrected chi connectivity index (χ3v) is 3.10. The predicted molar refractivity (Wildman–Crippen MR) is 64.3 cm³/mol. The molecule has 82 valence electrons. The zero-order valence-electron chi connectivity index (χ0n) is 8.72. The lowest BCUT2D eigenvalue weighted by Crippen LogP contribution is -2.42. The molecule has 1 saturated heterocycles. The SMILES string of the molecule is COc1ccc(Br)cc1C1CNCCN1. The van der Waals surface area contributed by atoms with Crippen LogP contribution in [0.1, 0.15) is 11.6 Å². The minimum absolute atomic E-state index is 0.339. The van der Waals surface area contributed by atoms with Gasteiger partial charge in [-0.25, -0.2) is 0 Å². The number of ether oxygens (including phenoxy) is 1. The number of halogens is 1. The summed E-state index contributed by atoms with van der Waals surface area (Å²) in [5.74, 6) is 0.944. The van der Waals surface area contributed by atoms with Crippen LogP contribution in [0.4, 0.5) is 0 Å². The molecular weight excluding hydrogens is 256 g/mol. The Morgan fingerprint density at radius 3 is 2.93 bits per heavy atom. The van der Waals surface area contributed by atoms with Gasteiger partial charge in [0.15, 0.2) is 0 Å². The fourth-order valence-corrected chi connectivity index (χ4v) is 2.23. The molecule has 1 fully saturated rings. The largest absolute Gasteiger partial charge is 0.496 e. The third-order valence-electron chi connectivity index (χ3n) is 2.61. The van der Waals surface area contributed by atoms with Crippen LogP contribution in [0, 0.1) is 0 Å². The topological polar surface area (TPSA) is 33.3 Å². The van der Waals surface area contributed by atoms with E-state index in [0.29, 0.717) is 6.04 Å². The van der Waals surface area contributed by atoms with Crippen LogP contribution in [-0.2, 0) is 0 Å². The van der Waals surface area contributed by atoms with Crippen LogP contribution in [-0.4, -0.2) is 26.7 Å². The summed E-state index contributed by atoms with van der Waals surface area (Å²) < 4.78 is 6.45. The van der Waals surface area contributed by atoms with Crippen molar-refractivity contribution in [3.63, 3.8) is 0 Å². The maximum atomic E-state index is 5.36. The third kappa shape index (κ3) is 2.51. The Bertz CT molecular complexity index is 337. The van der Waals surface area contributed by atoms with E-state index in [1.807, 2.05) is 12.1 Å². The quantitative estimate of drug-likeness (QED) is 0.858. The number of piperazine rings is 1. The molecule has 2 rings (SSSR count). The van der Waals surface area contributed by atoms with Crippen LogP contribution in [0.2, 0.25) is 0 Å². The van der Waals surface area contributed by atoms with Gasteiger partial charge in [-0.15, -0.1) is 0 Å². The lowest BCUT2D eigenvalue weighted by molar-refractivity contribution is 0.381. The normalized spacial score (nSPS) is 21.3. The fourth-order valence-electron chi connectivity index (χ4n) is 1.85. The second-order valence-electron chi connectivity index (χ2n) is 3.60. The Labute approximate surface area is 98.3 Å². The van der Waals surface area contributed by atoms with Crippen molar-refractivity contribution in [2.75, 3.05) is 26.7 Å². The first-order valence-corrected chi connectivity index (χ1v) is 5.88. The molecule has 1 aliphatic heterocycles. The number of rotatable bonds is 2. The van der Waals surface area contributed by atoms with Gasteiger partial charge in [0.2, 0.25) is 0 Å². The van der Waals surface area contributed by atoms with Gasteiger partial charge in [0, 0.05) is 35.7 Å². The molecule has 0 bridgehead atoms. The first-order chi connectivity index (χ1) is 7.31. The van der Waals surface area contributed by atoms with Gasteiger partial charge in [-0.2, -0.15) is 0 Å². The molecule has 15 heavy (non-hydrogen) atoms. The first-order valence-electron chi connectivity index (χ1n) is 5.09. The molecule has 0 aromatic heterocycles. The van der Waals surface area contributed by atoms with Gasteiger partial charge in [0.1, 0.15) is 5.75 Å². The Morgan fingerprint density at radius 1 is 1.40 bits per heavy atom. The predicted octanol–water partition coefficient (Wildman–Crippen LogP) is 1.69. The summed E-state index contributed by atoms with van der Waals surface area (Å²) in [5, 5.41) is 6.84. The van der Waals surface area contributed by atoms with Crippen LogP contribution < -0.4 is 15.4 Å². The molecule has 1 unspecified atom stereocenters. The minimum Gasteiger partial charge on any atom is -0.496 e. The maximum Gasteiger partial charge on any atom is 0.123 e. The van der Waals surface area contributed by atoms with Gasteiger partial charge in [0.25, 0.3) is 0 Å². The van der Waals surface area contributed by atoms with Gasteiger partial charge in [-0.1, -0.05) is 15.9 Å². The number of hydrogen-bond donors (Lipinski definition) is 2. The van der Waals surface area contributed by atoms with Crippen molar-refractivity contribution < 1.29 is 4.74 Å². The molecule has 0 amide bonds. The van der Waals surface area contributed by atoms with Crippen molar-refractivity contribution in [3.8, 4) is 5.75 Å². The summed E-state index contributed by atoms with van der Waals surface area (Å²) in [7, 11) is 1.71. The molecular formula is C11H15BrN2O. The maximum absolute atomic E-state index is 5.36. The molecule has 0 saturated carbocycles. The number of nitrogens with one attached hydrogen (secondary N) is 2. The average Bonchev–Trinajstić information content (AvgIpc) is 2.30. The molecule has 1 atom stereocenters. The molecule has 0 spiro atoms. The average molecular weight is 271 g/mol. The first kappa shape index (κ1) is 10.9. The summed E-state index contributed by atoms with van der Waals surface area (Å²) in [5.41, 5.74) is 1.21. The van der Waals surface area contributed by atoms with Gasteiger partial charge in [0.05, 0.1) is 7.11 Å². The van der Waals surface area contributed by atoms with Crippen molar-refractivity contribution >= 4 is 15.9 Å². The molecule has 1 aromatic carbocycles. The second-order valence-corrected chi connectivity index (χ2v) is 4.51. The number of benzene rings is 1. The molecule has 3 nitrogen and oxygen atoms in total. The fraction of sp³-hybridized carbons (Fsp3) is 0.455. The summed E-state index contributed by atoms with van der Waals surface area (Å²) in [6, 6.07) is 6.45. The Balaban J connectivity index is 2.27. The van der Waals surface area contributed by atoms with E-state index in [0.717, 1.165) is 29.9 Å². The van der Waals surface area contributed by atoms with E-state index in [1.54, 1.807) is 7.11 Å². The summed E-state index contributed by atoms with van der Waals surface area (Å²) >= 11 is 3.49. The Hall–Kier alpha value is -0.580. The van der Waals surface area contributed by atoms with Crippen LogP contribution in [0.15, 0.2) is 22.7 Å². The van der Waals surface area contributed by atoms with E-state index in [4.69, 9.17) is 4.74 Å². The van der Waals surface area contributed by atoms with E-state index in [1.165, 1.54) is 5.56 Å². The molecule has 1 heterocycles. The highest BCUT2D eigenvalue weighted by molar-refractivity contribution is 9.10. The van der Waals surface area contributed by atoms with E-state index in [-0.39, 0.29) is 0 Å². The lowest BCUT2D eigenvalue weighted by Gasteiger charge is -2.26. The van der Waals surface area contributed by atoms with Crippen molar-refractivity contribution in [1.82, 2.24) is 10.6 Å². The molecule has 4 heteroatoms. The van der Waals surface area contributed by atoms with Crippen LogP contribution in [0.25, 0.3) is 0 Å². The Kier molecular flexibility index (Phi) is 3.61. The second kappa shape index (κ2) is 4.96. The zero-order chi connectivity index (χ0) is 10.7. The van der Waals surface area contributed by atoms with Crippen LogP contribution >= 0.6 is 15.9 Å². The molecule has 2 N–H and O–H groups in total. The van der Waals surface area contributed by atoms with E-state index >= 15 is 0 Å². The molecule has 0 radical (unpaired) electrons. The molecule has 0 aliphatic carbocycles. The number of methoxy groups -OCH3 is 1. The van der Waals surface area contributed by atoms with Gasteiger partial charge in [-0.05, 0) is 18.2 Å². The van der Waals surface area contributed by atoms with Gasteiger partial charge in [-0.3, -0.25) is 0 Å². The highest BCUT2D eigenvalue weighted by Gasteiger charge is 2.18.